The van der Waals surface area contributed by atoms with Crippen LogP contribution in [0.4, 0.5) is 0 Å². The van der Waals surface area contributed by atoms with E-state index >= 15 is 0 Å². The van der Waals surface area contributed by atoms with Gasteiger partial charge in [0.25, 0.3) is 0 Å². The van der Waals surface area contributed by atoms with Gasteiger partial charge in [0.15, 0.2) is 0 Å². The Kier molecular flexibility index (Phi) is 3.77. The van der Waals surface area contributed by atoms with E-state index in [2.05, 4.69) is 5.32 Å². The summed E-state index contributed by atoms with van der Waals surface area (Å²) in [5.74, 6) is -0.0144. The molecule has 0 aromatic rings. The minimum Gasteiger partial charge on any atom is -0.342 e. The van der Waals surface area contributed by atoms with E-state index in [0.29, 0.717) is 0 Å². The van der Waals surface area contributed by atoms with E-state index in [1.165, 1.54) is 0 Å². The van der Waals surface area contributed by atoms with Crippen molar-refractivity contribution in [2.24, 2.45) is 0 Å². The molecule has 0 atom stereocenters. The van der Waals surface area contributed by atoms with E-state index in [1.54, 1.807) is 9.80 Å². The average Bonchev–Trinajstić information content (AvgIpc) is 2.83. The van der Waals surface area contributed by atoms with Crippen LogP contribution in [0.2, 0.25) is 0 Å². The van der Waals surface area contributed by atoms with Gasteiger partial charge >= 0.3 is 0 Å². The maximum atomic E-state index is 11.8. The van der Waals surface area contributed by atoms with Crippen molar-refractivity contribution in [3.8, 4) is 0 Å². The summed E-state index contributed by atoms with van der Waals surface area (Å²) in [6.45, 7) is 4.78. The Balaban J connectivity index is 1.79. The first-order valence-electron chi connectivity index (χ1n) is 6.03. The van der Waals surface area contributed by atoms with Gasteiger partial charge in [0, 0.05) is 39.3 Å². The first-order chi connectivity index (χ1) is 7.77. The number of rotatable bonds is 2. The van der Waals surface area contributed by atoms with Crippen molar-refractivity contribution in [1.82, 2.24) is 15.1 Å². The second-order valence-electron chi connectivity index (χ2n) is 4.40. The third kappa shape index (κ3) is 2.72. The number of piperazine rings is 1. The van der Waals surface area contributed by atoms with Gasteiger partial charge in [-0.3, -0.25) is 9.59 Å². The summed E-state index contributed by atoms with van der Waals surface area (Å²) in [5, 5.41) is 3.19. The molecule has 5 nitrogen and oxygen atoms in total. The van der Waals surface area contributed by atoms with Crippen LogP contribution in [0.15, 0.2) is 0 Å². The smallest absolute Gasteiger partial charge is 0.232 e. The van der Waals surface area contributed by atoms with Gasteiger partial charge in [0.2, 0.25) is 11.8 Å². The molecule has 2 aliphatic rings. The van der Waals surface area contributed by atoms with Gasteiger partial charge in [-0.15, -0.1) is 0 Å². The predicted molar refractivity (Wildman–Crippen MR) is 59.9 cm³/mol. The summed E-state index contributed by atoms with van der Waals surface area (Å²) < 4.78 is 0. The molecule has 16 heavy (non-hydrogen) atoms. The van der Waals surface area contributed by atoms with Gasteiger partial charge in [0.1, 0.15) is 6.42 Å². The second-order valence-corrected chi connectivity index (χ2v) is 4.40. The number of nitrogens with one attached hydrogen (secondary N) is 1. The lowest BCUT2D eigenvalue weighted by atomic mass is 10.3. The number of likely N-dealkylation sites (tertiary alicyclic amines) is 1. The molecule has 2 fully saturated rings. The van der Waals surface area contributed by atoms with E-state index < -0.39 is 0 Å². The Morgan fingerprint density at radius 1 is 0.875 bits per heavy atom. The van der Waals surface area contributed by atoms with Crippen LogP contribution in [0.25, 0.3) is 0 Å². The molecule has 2 amide bonds. The van der Waals surface area contributed by atoms with Crippen LogP contribution in [0, 0.1) is 0 Å². The van der Waals surface area contributed by atoms with Gasteiger partial charge in [-0.1, -0.05) is 0 Å². The molecule has 2 saturated heterocycles. The fourth-order valence-corrected chi connectivity index (χ4v) is 2.23. The van der Waals surface area contributed by atoms with Crippen molar-refractivity contribution in [3.63, 3.8) is 0 Å². The summed E-state index contributed by atoms with van der Waals surface area (Å²) in [7, 11) is 0. The zero-order chi connectivity index (χ0) is 11.4. The lowest BCUT2D eigenvalue weighted by Gasteiger charge is -2.27. The highest BCUT2D eigenvalue weighted by Gasteiger charge is 2.23. The van der Waals surface area contributed by atoms with Gasteiger partial charge in [-0.25, -0.2) is 0 Å². The van der Waals surface area contributed by atoms with Gasteiger partial charge in [-0.2, -0.15) is 0 Å². The summed E-state index contributed by atoms with van der Waals surface area (Å²) in [4.78, 5) is 27.2. The monoisotopic (exact) mass is 225 g/mol. The lowest BCUT2D eigenvalue weighted by molar-refractivity contribution is -0.140. The fraction of sp³-hybridized carbons (Fsp3) is 0.818. The van der Waals surface area contributed by atoms with Gasteiger partial charge < -0.3 is 15.1 Å². The van der Waals surface area contributed by atoms with Gasteiger partial charge in [0.05, 0.1) is 0 Å². The predicted octanol–water partition coefficient (Wildman–Crippen LogP) is -0.569. The maximum Gasteiger partial charge on any atom is 0.232 e. The number of amides is 2. The highest BCUT2D eigenvalue weighted by molar-refractivity contribution is 5.97. The molecular formula is C11H19N3O2. The Hall–Kier alpha value is -1.10. The Morgan fingerprint density at radius 2 is 1.38 bits per heavy atom. The molecule has 2 rings (SSSR count). The average molecular weight is 225 g/mol. The van der Waals surface area contributed by atoms with Crippen molar-refractivity contribution in [2.75, 3.05) is 39.3 Å². The highest BCUT2D eigenvalue weighted by Crippen LogP contribution is 2.09. The number of carbonyl (C=O) groups excluding carboxylic acids is 2. The molecule has 90 valence electrons. The number of hydrogen-bond acceptors (Lipinski definition) is 3. The third-order valence-corrected chi connectivity index (χ3v) is 3.23. The van der Waals surface area contributed by atoms with E-state index in [-0.39, 0.29) is 18.2 Å². The quantitative estimate of drug-likeness (QED) is 0.640. The van der Waals surface area contributed by atoms with Crippen molar-refractivity contribution in [2.45, 2.75) is 19.3 Å². The largest absolute Gasteiger partial charge is 0.342 e. The van der Waals surface area contributed by atoms with Crippen molar-refractivity contribution >= 4 is 11.8 Å². The topological polar surface area (TPSA) is 52.7 Å². The van der Waals surface area contributed by atoms with Crippen molar-refractivity contribution < 1.29 is 9.59 Å². The van der Waals surface area contributed by atoms with Crippen molar-refractivity contribution in [1.29, 1.82) is 0 Å². The summed E-state index contributed by atoms with van der Waals surface area (Å²) >= 11 is 0. The molecule has 0 aliphatic carbocycles. The van der Waals surface area contributed by atoms with Crippen LogP contribution >= 0.6 is 0 Å². The van der Waals surface area contributed by atoms with E-state index in [1.807, 2.05) is 0 Å². The summed E-state index contributed by atoms with van der Waals surface area (Å²) in [5.41, 5.74) is 0. The van der Waals surface area contributed by atoms with Crippen LogP contribution < -0.4 is 5.32 Å². The second kappa shape index (κ2) is 5.30. The molecule has 0 aromatic heterocycles. The van der Waals surface area contributed by atoms with Crippen LogP contribution in [0.5, 0.6) is 0 Å². The fourth-order valence-electron chi connectivity index (χ4n) is 2.23. The third-order valence-electron chi connectivity index (χ3n) is 3.23. The van der Waals surface area contributed by atoms with Crippen molar-refractivity contribution in [3.05, 3.63) is 0 Å². The molecule has 0 radical (unpaired) electrons. The zero-order valence-electron chi connectivity index (χ0n) is 9.57. The summed E-state index contributed by atoms with van der Waals surface area (Å²) in [6.07, 6.45) is 2.21. The number of nitrogens with zero attached hydrogens (tertiary/aromatic N) is 2. The Bertz CT molecular complexity index is 268. The highest BCUT2D eigenvalue weighted by atomic mass is 16.2. The lowest BCUT2D eigenvalue weighted by Crippen LogP contribution is -2.47. The van der Waals surface area contributed by atoms with Crippen LogP contribution in [-0.4, -0.2) is 60.9 Å². The number of carbonyl (C=O) groups is 2. The van der Waals surface area contributed by atoms with Crippen LogP contribution in [0.3, 0.4) is 0 Å². The maximum absolute atomic E-state index is 11.8. The summed E-state index contributed by atoms with van der Waals surface area (Å²) in [6, 6.07) is 0. The minimum absolute atomic E-state index is 0.000956. The van der Waals surface area contributed by atoms with E-state index in [4.69, 9.17) is 0 Å². The molecule has 2 aliphatic heterocycles. The first-order valence-corrected chi connectivity index (χ1v) is 6.03. The normalized spacial score (nSPS) is 21.2. The van der Waals surface area contributed by atoms with Crippen LogP contribution in [0.1, 0.15) is 19.3 Å². The Labute approximate surface area is 95.8 Å². The SMILES string of the molecule is O=C(CC(=O)N1CCNCC1)N1CCCC1. The molecular weight excluding hydrogens is 206 g/mol. The standard InChI is InChI=1S/C11H19N3O2/c15-10(13-5-1-2-6-13)9-11(16)14-7-3-12-4-8-14/h12H,1-9H2. The molecule has 1 N–H and O–H groups in total. The minimum atomic E-state index is -0.0154. The van der Waals surface area contributed by atoms with Crippen LogP contribution in [-0.2, 0) is 9.59 Å². The molecule has 0 spiro atoms. The Morgan fingerprint density at radius 3 is 1.94 bits per heavy atom. The van der Waals surface area contributed by atoms with E-state index in [0.717, 1.165) is 52.1 Å². The first kappa shape index (κ1) is 11.4. The van der Waals surface area contributed by atoms with Gasteiger partial charge in [-0.05, 0) is 12.8 Å². The molecule has 2 heterocycles. The molecule has 0 unspecified atom stereocenters. The zero-order valence-corrected chi connectivity index (χ0v) is 9.57. The number of hydrogen-bond donors (Lipinski definition) is 1. The molecule has 0 bridgehead atoms. The van der Waals surface area contributed by atoms with E-state index in [9.17, 15) is 9.59 Å². The molecule has 0 aromatic carbocycles. The molecule has 5 heteroatoms. The molecule has 0 saturated carbocycles.